The summed E-state index contributed by atoms with van der Waals surface area (Å²) in [5.41, 5.74) is 0.447. The van der Waals surface area contributed by atoms with Gasteiger partial charge in [0.2, 0.25) is 0 Å². The smallest absolute Gasteiger partial charge is 0.190 e. The van der Waals surface area contributed by atoms with Gasteiger partial charge in [0, 0.05) is 34.4 Å². The second-order valence-electron chi connectivity index (χ2n) is 4.27. The van der Waals surface area contributed by atoms with Gasteiger partial charge in [0.1, 0.15) is 0 Å². The molecule has 1 aliphatic carbocycles. The fourth-order valence-corrected chi connectivity index (χ4v) is 2.06. The van der Waals surface area contributed by atoms with Crippen molar-refractivity contribution in [1.29, 1.82) is 0 Å². The number of nitrogens with one attached hydrogen (secondary N) is 2. The van der Waals surface area contributed by atoms with Crippen molar-refractivity contribution < 1.29 is 4.74 Å². The van der Waals surface area contributed by atoms with Gasteiger partial charge in [-0.1, -0.05) is 6.42 Å². The summed E-state index contributed by atoms with van der Waals surface area (Å²) >= 11 is 0. The Balaban J connectivity index is 2.33. The van der Waals surface area contributed by atoms with Crippen molar-refractivity contribution in [2.75, 3.05) is 34.4 Å². The summed E-state index contributed by atoms with van der Waals surface area (Å²) in [6, 6.07) is 0. The molecule has 1 saturated carbocycles. The molecule has 0 aliphatic heterocycles. The van der Waals surface area contributed by atoms with Crippen LogP contribution in [0, 0.1) is 5.41 Å². The maximum Gasteiger partial charge on any atom is 0.190 e. The van der Waals surface area contributed by atoms with E-state index in [2.05, 4.69) is 15.6 Å². The van der Waals surface area contributed by atoms with Crippen LogP contribution in [0.25, 0.3) is 0 Å². The van der Waals surface area contributed by atoms with Crippen LogP contribution >= 0.6 is 0 Å². The van der Waals surface area contributed by atoms with Crippen LogP contribution in [-0.4, -0.2) is 40.3 Å². The van der Waals surface area contributed by atoms with E-state index >= 15 is 0 Å². The quantitative estimate of drug-likeness (QED) is 0.529. The Morgan fingerprint density at radius 3 is 2.60 bits per heavy atom. The largest absolute Gasteiger partial charge is 0.385 e. The van der Waals surface area contributed by atoms with Crippen LogP contribution in [0.5, 0.6) is 0 Å². The standard InChI is InChI=1S/C11H23N3O/c1-12-10(13-2)14-9-11(5-4-6-11)7-8-15-3/h4-9H2,1-3H3,(H2,12,13,14). The first-order valence-electron chi connectivity index (χ1n) is 5.64. The Hall–Kier alpha value is -0.770. The molecular weight excluding hydrogens is 190 g/mol. The molecule has 0 aromatic rings. The van der Waals surface area contributed by atoms with Crippen LogP contribution in [0.15, 0.2) is 4.99 Å². The average Bonchev–Trinajstić information content (AvgIpc) is 2.21. The van der Waals surface area contributed by atoms with Crippen LogP contribution in [-0.2, 0) is 4.74 Å². The van der Waals surface area contributed by atoms with Crippen molar-refractivity contribution in [3.8, 4) is 0 Å². The highest BCUT2D eigenvalue weighted by molar-refractivity contribution is 5.79. The number of methoxy groups -OCH3 is 1. The average molecular weight is 213 g/mol. The molecule has 1 fully saturated rings. The Bertz CT molecular complexity index is 212. The third-order valence-electron chi connectivity index (χ3n) is 3.34. The molecule has 0 aromatic carbocycles. The van der Waals surface area contributed by atoms with Gasteiger partial charge in [-0.05, 0) is 24.7 Å². The van der Waals surface area contributed by atoms with Crippen LogP contribution in [0.4, 0.5) is 0 Å². The fraction of sp³-hybridized carbons (Fsp3) is 0.909. The first-order valence-corrected chi connectivity index (χ1v) is 5.64. The minimum absolute atomic E-state index is 0.447. The zero-order valence-electron chi connectivity index (χ0n) is 10.1. The summed E-state index contributed by atoms with van der Waals surface area (Å²) < 4.78 is 5.16. The summed E-state index contributed by atoms with van der Waals surface area (Å²) in [4.78, 5) is 4.11. The number of rotatable bonds is 5. The third-order valence-corrected chi connectivity index (χ3v) is 3.34. The normalized spacial score (nSPS) is 19.5. The van der Waals surface area contributed by atoms with E-state index in [-0.39, 0.29) is 0 Å². The molecule has 0 radical (unpaired) electrons. The van der Waals surface area contributed by atoms with E-state index in [1.165, 1.54) is 19.3 Å². The lowest BCUT2D eigenvalue weighted by molar-refractivity contribution is 0.0733. The van der Waals surface area contributed by atoms with Gasteiger partial charge in [-0.25, -0.2) is 0 Å². The van der Waals surface area contributed by atoms with E-state index in [4.69, 9.17) is 4.74 Å². The zero-order chi connectivity index (χ0) is 11.1. The Morgan fingerprint density at radius 1 is 1.47 bits per heavy atom. The van der Waals surface area contributed by atoms with Gasteiger partial charge in [-0.3, -0.25) is 4.99 Å². The second-order valence-corrected chi connectivity index (χ2v) is 4.27. The van der Waals surface area contributed by atoms with Gasteiger partial charge in [-0.2, -0.15) is 0 Å². The summed E-state index contributed by atoms with van der Waals surface area (Å²) in [6.45, 7) is 1.86. The van der Waals surface area contributed by atoms with Crippen LogP contribution < -0.4 is 10.6 Å². The highest BCUT2D eigenvalue weighted by Crippen LogP contribution is 2.43. The molecule has 2 N–H and O–H groups in total. The van der Waals surface area contributed by atoms with Crippen molar-refractivity contribution >= 4 is 5.96 Å². The molecule has 0 heterocycles. The number of aliphatic imine (C=N–C) groups is 1. The Morgan fingerprint density at radius 2 is 2.20 bits per heavy atom. The number of guanidine groups is 1. The Kier molecular flexibility index (Phi) is 4.88. The molecular formula is C11H23N3O. The lowest BCUT2D eigenvalue weighted by atomic mass is 9.67. The molecule has 0 aromatic heterocycles. The molecule has 0 amide bonds. The third kappa shape index (κ3) is 3.38. The Labute approximate surface area is 92.5 Å². The predicted molar refractivity (Wildman–Crippen MR) is 63.2 cm³/mol. The number of hydrogen-bond donors (Lipinski definition) is 2. The van der Waals surface area contributed by atoms with Crippen LogP contribution in [0.1, 0.15) is 25.7 Å². The maximum atomic E-state index is 5.16. The summed E-state index contributed by atoms with van der Waals surface area (Å²) in [5, 5.41) is 6.39. The number of hydrogen-bond acceptors (Lipinski definition) is 2. The molecule has 88 valence electrons. The first-order chi connectivity index (χ1) is 7.26. The van der Waals surface area contributed by atoms with Crippen molar-refractivity contribution in [2.45, 2.75) is 25.7 Å². The van der Waals surface area contributed by atoms with Gasteiger partial charge >= 0.3 is 0 Å². The van der Waals surface area contributed by atoms with E-state index in [1.54, 1.807) is 14.2 Å². The molecule has 1 aliphatic rings. The minimum atomic E-state index is 0.447. The number of ether oxygens (including phenoxy) is 1. The minimum Gasteiger partial charge on any atom is -0.385 e. The highest BCUT2D eigenvalue weighted by Gasteiger charge is 2.36. The molecule has 0 atom stereocenters. The maximum absolute atomic E-state index is 5.16. The fourth-order valence-electron chi connectivity index (χ4n) is 2.06. The molecule has 15 heavy (non-hydrogen) atoms. The molecule has 4 nitrogen and oxygen atoms in total. The van der Waals surface area contributed by atoms with Crippen LogP contribution in [0.3, 0.4) is 0 Å². The molecule has 0 saturated heterocycles. The SMILES string of the molecule is CN=C(NC)NCC1(CCOC)CCC1. The lowest BCUT2D eigenvalue weighted by Crippen LogP contribution is -2.46. The predicted octanol–water partition coefficient (Wildman–Crippen LogP) is 0.988. The van der Waals surface area contributed by atoms with Gasteiger partial charge < -0.3 is 15.4 Å². The van der Waals surface area contributed by atoms with Gasteiger partial charge in [0.25, 0.3) is 0 Å². The monoisotopic (exact) mass is 213 g/mol. The van der Waals surface area contributed by atoms with Gasteiger partial charge in [0.05, 0.1) is 0 Å². The van der Waals surface area contributed by atoms with E-state index in [0.717, 1.165) is 25.5 Å². The molecule has 0 spiro atoms. The van der Waals surface area contributed by atoms with Crippen molar-refractivity contribution in [3.05, 3.63) is 0 Å². The van der Waals surface area contributed by atoms with E-state index in [1.807, 2.05) is 7.05 Å². The summed E-state index contributed by atoms with van der Waals surface area (Å²) in [5.74, 6) is 0.874. The van der Waals surface area contributed by atoms with Crippen LogP contribution in [0.2, 0.25) is 0 Å². The lowest BCUT2D eigenvalue weighted by Gasteiger charge is -2.42. The second kappa shape index (κ2) is 5.95. The number of nitrogens with zero attached hydrogens (tertiary/aromatic N) is 1. The van der Waals surface area contributed by atoms with E-state index in [9.17, 15) is 0 Å². The topological polar surface area (TPSA) is 45.7 Å². The molecule has 0 unspecified atom stereocenters. The van der Waals surface area contributed by atoms with E-state index in [0.29, 0.717) is 5.41 Å². The zero-order valence-corrected chi connectivity index (χ0v) is 10.1. The highest BCUT2D eigenvalue weighted by atomic mass is 16.5. The van der Waals surface area contributed by atoms with Crippen molar-refractivity contribution in [1.82, 2.24) is 10.6 Å². The molecule has 4 heteroatoms. The molecule has 1 rings (SSSR count). The first kappa shape index (κ1) is 12.3. The molecule has 0 bridgehead atoms. The summed E-state index contributed by atoms with van der Waals surface area (Å²) in [6.07, 6.45) is 5.12. The van der Waals surface area contributed by atoms with E-state index < -0.39 is 0 Å². The summed E-state index contributed by atoms with van der Waals surface area (Å²) in [7, 11) is 5.45. The van der Waals surface area contributed by atoms with Gasteiger partial charge in [-0.15, -0.1) is 0 Å². The van der Waals surface area contributed by atoms with Crippen molar-refractivity contribution in [2.24, 2.45) is 10.4 Å². The van der Waals surface area contributed by atoms with Gasteiger partial charge in [0.15, 0.2) is 5.96 Å². The van der Waals surface area contributed by atoms with Crippen molar-refractivity contribution in [3.63, 3.8) is 0 Å².